The number of ether oxygens (including phenoxy) is 2. The molecule has 2 N–H and O–H groups in total. The number of fused-ring (bicyclic) bond motifs is 1. The molecule has 0 aliphatic carbocycles. The lowest BCUT2D eigenvalue weighted by Gasteiger charge is -2.25. The Bertz CT molecular complexity index is 1170. The number of carbonyl (C=O) groups excluding carboxylic acids is 2. The first-order valence-corrected chi connectivity index (χ1v) is 11.8. The Kier molecular flexibility index (Phi) is 6.27. The van der Waals surface area contributed by atoms with Crippen molar-refractivity contribution in [3.05, 3.63) is 47.0 Å². The van der Waals surface area contributed by atoms with E-state index in [9.17, 15) is 18.0 Å². The summed E-state index contributed by atoms with van der Waals surface area (Å²) in [6.07, 6.45) is 0.948. The molecule has 9 nitrogen and oxygen atoms in total. The van der Waals surface area contributed by atoms with Gasteiger partial charge in [0.1, 0.15) is 22.4 Å². The molecular formula is C21H22ClN3O6S. The van der Waals surface area contributed by atoms with Crippen LogP contribution in [0.4, 0.5) is 5.69 Å². The van der Waals surface area contributed by atoms with Gasteiger partial charge in [0, 0.05) is 19.2 Å². The average Bonchev–Trinajstić information content (AvgIpc) is 3.28. The number of sulfonamides is 1. The lowest BCUT2D eigenvalue weighted by molar-refractivity contribution is -0.124. The van der Waals surface area contributed by atoms with E-state index in [0.29, 0.717) is 24.3 Å². The van der Waals surface area contributed by atoms with Gasteiger partial charge in [0.25, 0.3) is 5.91 Å². The molecule has 0 radical (unpaired) electrons. The highest BCUT2D eigenvalue weighted by Crippen LogP contribution is 2.38. The van der Waals surface area contributed by atoms with Crippen LogP contribution < -0.4 is 20.1 Å². The summed E-state index contributed by atoms with van der Waals surface area (Å²) in [6, 6.07) is 9.04. The molecule has 0 unspecified atom stereocenters. The lowest BCUT2D eigenvalue weighted by atomic mass is 10.2. The van der Waals surface area contributed by atoms with Gasteiger partial charge in [0.2, 0.25) is 15.9 Å². The highest BCUT2D eigenvalue weighted by atomic mass is 35.5. The van der Waals surface area contributed by atoms with Crippen LogP contribution in [0.3, 0.4) is 0 Å². The molecule has 2 aromatic carbocycles. The molecular weight excluding hydrogens is 458 g/mol. The molecule has 11 heteroatoms. The van der Waals surface area contributed by atoms with Crippen molar-refractivity contribution in [1.29, 1.82) is 0 Å². The fourth-order valence-corrected chi connectivity index (χ4v) is 5.96. The Morgan fingerprint density at radius 1 is 1.34 bits per heavy atom. The van der Waals surface area contributed by atoms with E-state index < -0.39 is 16.1 Å². The zero-order chi connectivity index (χ0) is 22.9. The first kappa shape index (κ1) is 22.4. The van der Waals surface area contributed by atoms with Crippen molar-refractivity contribution in [2.24, 2.45) is 0 Å². The zero-order valence-corrected chi connectivity index (χ0v) is 18.8. The van der Waals surface area contributed by atoms with Gasteiger partial charge in [-0.2, -0.15) is 4.31 Å². The maximum atomic E-state index is 13.4. The van der Waals surface area contributed by atoms with Gasteiger partial charge in [-0.05, 0) is 36.6 Å². The second kappa shape index (κ2) is 8.97. The van der Waals surface area contributed by atoms with Crippen molar-refractivity contribution in [2.45, 2.75) is 30.3 Å². The molecule has 4 rings (SSSR count). The first-order valence-electron chi connectivity index (χ1n) is 9.98. The maximum Gasteiger partial charge on any atom is 0.262 e. The number of carbonyl (C=O) groups is 2. The summed E-state index contributed by atoms with van der Waals surface area (Å²) in [6.45, 7) is 0.227. The quantitative estimate of drug-likeness (QED) is 0.656. The first-order chi connectivity index (χ1) is 15.3. The van der Waals surface area contributed by atoms with Crippen LogP contribution in [0.2, 0.25) is 5.02 Å². The monoisotopic (exact) mass is 479 g/mol. The summed E-state index contributed by atoms with van der Waals surface area (Å²) in [7, 11) is -2.52. The summed E-state index contributed by atoms with van der Waals surface area (Å²) in [5.41, 5.74) is 1.14. The minimum atomic E-state index is -4.08. The van der Waals surface area contributed by atoms with Crippen molar-refractivity contribution in [1.82, 2.24) is 9.62 Å². The van der Waals surface area contributed by atoms with Crippen LogP contribution >= 0.6 is 11.6 Å². The Balaban J connectivity index is 1.53. The van der Waals surface area contributed by atoms with E-state index >= 15 is 0 Å². The van der Waals surface area contributed by atoms with Gasteiger partial charge in [-0.25, -0.2) is 8.42 Å². The van der Waals surface area contributed by atoms with E-state index in [1.807, 2.05) is 12.1 Å². The Hall–Kier alpha value is -2.82. The summed E-state index contributed by atoms with van der Waals surface area (Å²) < 4.78 is 38.4. The number of amides is 2. The Labute approximate surface area is 190 Å². The number of hydrogen-bond donors (Lipinski definition) is 2. The van der Waals surface area contributed by atoms with Gasteiger partial charge in [0.15, 0.2) is 6.61 Å². The van der Waals surface area contributed by atoms with Gasteiger partial charge in [-0.15, -0.1) is 0 Å². The standard InChI is InChI=1S/C21H22ClN3O6S/c1-30-14-5-2-4-13(8-14)11-23-21(27)17-6-3-7-25(17)32(28,29)19-10-18-16(9-15(19)22)24-20(26)12-31-18/h2,4-5,8-10,17H,3,6-7,11-12H2,1H3,(H,23,27)(H,24,26)/t17-/m1/s1. The van der Waals surface area contributed by atoms with Crippen LogP contribution in [-0.4, -0.2) is 50.8 Å². The van der Waals surface area contributed by atoms with E-state index in [1.165, 1.54) is 16.4 Å². The number of methoxy groups -OCH3 is 1. The second-order valence-corrected chi connectivity index (χ2v) is 9.72. The molecule has 0 spiro atoms. The van der Waals surface area contributed by atoms with E-state index in [-0.39, 0.29) is 47.2 Å². The number of rotatable bonds is 6. The minimum absolute atomic E-state index is 0.0583. The van der Waals surface area contributed by atoms with E-state index in [1.54, 1.807) is 19.2 Å². The topological polar surface area (TPSA) is 114 Å². The van der Waals surface area contributed by atoms with Crippen LogP contribution in [0.5, 0.6) is 11.5 Å². The van der Waals surface area contributed by atoms with Crippen LogP contribution in [-0.2, 0) is 26.2 Å². The van der Waals surface area contributed by atoms with Crippen LogP contribution in [0.15, 0.2) is 41.3 Å². The summed E-state index contributed by atoms with van der Waals surface area (Å²) in [5.74, 6) is 0.149. The van der Waals surface area contributed by atoms with Gasteiger partial charge in [0.05, 0.1) is 17.8 Å². The summed E-state index contributed by atoms with van der Waals surface area (Å²) in [5, 5.41) is 5.34. The molecule has 2 aliphatic heterocycles. The number of nitrogens with one attached hydrogen (secondary N) is 2. The number of hydrogen-bond acceptors (Lipinski definition) is 6. The van der Waals surface area contributed by atoms with Crippen LogP contribution in [0, 0.1) is 0 Å². The van der Waals surface area contributed by atoms with Crippen molar-refractivity contribution in [2.75, 3.05) is 25.6 Å². The number of anilines is 1. The molecule has 0 aromatic heterocycles. The third kappa shape index (κ3) is 4.38. The molecule has 1 fully saturated rings. The molecule has 170 valence electrons. The van der Waals surface area contributed by atoms with Gasteiger partial charge in [-0.1, -0.05) is 23.7 Å². The minimum Gasteiger partial charge on any atom is -0.497 e. The predicted molar refractivity (Wildman–Crippen MR) is 117 cm³/mol. The van der Waals surface area contributed by atoms with E-state index in [2.05, 4.69) is 10.6 Å². The number of benzene rings is 2. The second-order valence-electron chi connectivity index (χ2n) is 7.46. The SMILES string of the molecule is COc1cccc(CNC(=O)[C@H]2CCCN2S(=O)(=O)c2cc3c(cc2Cl)NC(=O)CO3)c1. The van der Waals surface area contributed by atoms with Gasteiger partial charge in [-0.3, -0.25) is 9.59 Å². The predicted octanol–water partition coefficient (Wildman–Crippen LogP) is 2.15. The molecule has 2 amide bonds. The molecule has 0 bridgehead atoms. The molecule has 1 atom stereocenters. The largest absolute Gasteiger partial charge is 0.497 e. The number of nitrogens with zero attached hydrogens (tertiary/aromatic N) is 1. The third-order valence-corrected chi connectivity index (χ3v) is 7.73. The van der Waals surface area contributed by atoms with Crippen molar-refractivity contribution < 1.29 is 27.5 Å². The average molecular weight is 480 g/mol. The third-order valence-electron chi connectivity index (χ3n) is 5.36. The summed E-state index contributed by atoms with van der Waals surface area (Å²) >= 11 is 6.24. The molecule has 2 aliphatic rings. The lowest BCUT2D eigenvalue weighted by Crippen LogP contribution is -2.45. The van der Waals surface area contributed by atoms with Gasteiger partial charge >= 0.3 is 0 Å². The zero-order valence-electron chi connectivity index (χ0n) is 17.3. The van der Waals surface area contributed by atoms with Crippen LogP contribution in [0.25, 0.3) is 0 Å². The van der Waals surface area contributed by atoms with Gasteiger partial charge < -0.3 is 20.1 Å². The molecule has 32 heavy (non-hydrogen) atoms. The van der Waals surface area contributed by atoms with Crippen LogP contribution in [0.1, 0.15) is 18.4 Å². The smallest absolute Gasteiger partial charge is 0.262 e. The van der Waals surface area contributed by atoms with E-state index in [0.717, 1.165) is 5.56 Å². The fourth-order valence-electron chi connectivity index (χ4n) is 3.78. The molecule has 1 saturated heterocycles. The Morgan fingerprint density at radius 3 is 2.94 bits per heavy atom. The maximum absolute atomic E-state index is 13.4. The van der Waals surface area contributed by atoms with Crippen molar-refractivity contribution in [3.8, 4) is 11.5 Å². The molecule has 0 saturated carbocycles. The van der Waals surface area contributed by atoms with Crippen molar-refractivity contribution >= 4 is 39.1 Å². The normalized spacial score (nSPS) is 18.4. The number of halogens is 1. The highest BCUT2D eigenvalue weighted by Gasteiger charge is 2.40. The Morgan fingerprint density at radius 2 is 2.16 bits per heavy atom. The highest BCUT2D eigenvalue weighted by molar-refractivity contribution is 7.89. The fraction of sp³-hybridized carbons (Fsp3) is 0.333. The molecule has 2 heterocycles. The van der Waals surface area contributed by atoms with Crippen molar-refractivity contribution in [3.63, 3.8) is 0 Å². The molecule has 2 aromatic rings. The summed E-state index contributed by atoms with van der Waals surface area (Å²) in [4.78, 5) is 24.2. The van der Waals surface area contributed by atoms with E-state index in [4.69, 9.17) is 21.1 Å².